The van der Waals surface area contributed by atoms with Crippen molar-refractivity contribution in [2.24, 2.45) is 4.99 Å². The van der Waals surface area contributed by atoms with Crippen LogP contribution in [0.4, 0.5) is 10.1 Å². The number of nitrogens with one attached hydrogen (secondary N) is 1. The molecule has 39 heavy (non-hydrogen) atoms. The van der Waals surface area contributed by atoms with Crippen LogP contribution in [0.5, 0.6) is 0 Å². The summed E-state index contributed by atoms with van der Waals surface area (Å²) in [5.74, 6) is -2.22. The summed E-state index contributed by atoms with van der Waals surface area (Å²) in [6, 6.07) is 26.0. The summed E-state index contributed by atoms with van der Waals surface area (Å²) >= 11 is 0. The highest BCUT2D eigenvalue weighted by Gasteiger charge is 2.22. The van der Waals surface area contributed by atoms with E-state index in [2.05, 4.69) is 5.32 Å². The van der Waals surface area contributed by atoms with E-state index >= 15 is 4.39 Å². The van der Waals surface area contributed by atoms with Crippen LogP contribution in [0.1, 0.15) is 70.1 Å². The highest BCUT2D eigenvalue weighted by Crippen LogP contribution is 2.32. The topological polar surface area (TPSA) is 78.8 Å². The Labute approximate surface area is 228 Å². The number of para-hydroxylation sites is 1. The fourth-order valence-electron chi connectivity index (χ4n) is 4.65. The second-order valence-electron chi connectivity index (χ2n) is 9.44. The zero-order chi connectivity index (χ0) is 27.9. The minimum absolute atomic E-state index is 0.129. The van der Waals surface area contributed by atoms with Crippen LogP contribution in [0.25, 0.3) is 11.1 Å². The first-order valence-corrected chi connectivity index (χ1v) is 12.9. The summed E-state index contributed by atoms with van der Waals surface area (Å²) in [5, 5.41) is 13.1. The lowest BCUT2D eigenvalue weighted by Crippen LogP contribution is -2.28. The van der Waals surface area contributed by atoms with Crippen molar-refractivity contribution < 1.29 is 19.1 Å². The molecule has 0 unspecified atom stereocenters. The number of carbonyl (C=O) groups is 2. The van der Waals surface area contributed by atoms with Crippen LogP contribution in [0.2, 0.25) is 0 Å². The Morgan fingerprint density at radius 1 is 0.923 bits per heavy atom. The molecule has 198 valence electrons. The largest absolute Gasteiger partial charge is 0.478 e. The van der Waals surface area contributed by atoms with Gasteiger partial charge in [0.2, 0.25) is 0 Å². The number of aryl methyl sites for hydroxylation is 1. The molecule has 4 rings (SSSR count). The van der Waals surface area contributed by atoms with Crippen LogP contribution in [-0.2, 0) is 0 Å². The van der Waals surface area contributed by atoms with Crippen LogP contribution < -0.4 is 5.32 Å². The van der Waals surface area contributed by atoms with Gasteiger partial charge < -0.3 is 10.4 Å². The number of hydrogen-bond acceptors (Lipinski definition) is 3. The van der Waals surface area contributed by atoms with Crippen LogP contribution in [0, 0.1) is 12.7 Å². The highest BCUT2D eigenvalue weighted by atomic mass is 19.1. The van der Waals surface area contributed by atoms with Crippen molar-refractivity contribution >= 4 is 23.3 Å². The lowest BCUT2D eigenvalue weighted by atomic mass is 9.91. The first-order valence-electron chi connectivity index (χ1n) is 12.9. The first kappa shape index (κ1) is 27.5. The van der Waals surface area contributed by atoms with E-state index in [9.17, 15) is 14.7 Å². The number of carbonyl (C=O) groups excluding carboxylic acids is 1. The third-order valence-electron chi connectivity index (χ3n) is 6.67. The molecule has 0 fully saturated rings. The monoisotopic (exact) mass is 522 g/mol. The number of carboxylic acid groups (broad SMARTS) is 1. The third kappa shape index (κ3) is 6.29. The van der Waals surface area contributed by atoms with Gasteiger partial charge in [0.05, 0.1) is 17.3 Å². The smallest absolute Gasteiger partial charge is 0.336 e. The van der Waals surface area contributed by atoms with Crippen molar-refractivity contribution in [3.63, 3.8) is 0 Å². The molecule has 0 radical (unpaired) electrons. The Balaban J connectivity index is 1.74. The Kier molecular flexibility index (Phi) is 8.67. The van der Waals surface area contributed by atoms with E-state index in [1.165, 1.54) is 24.3 Å². The zero-order valence-corrected chi connectivity index (χ0v) is 22.2. The summed E-state index contributed by atoms with van der Waals surface area (Å²) in [7, 11) is 0. The summed E-state index contributed by atoms with van der Waals surface area (Å²) in [6.45, 7) is 5.74. The number of aliphatic imine (C=N–C) groups is 1. The second-order valence-corrected chi connectivity index (χ2v) is 9.44. The van der Waals surface area contributed by atoms with Gasteiger partial charge in [-0.2, -0.15) is 0 Å². The predicted molar refractivity (Wildman–Crippen MR) is 153 cm³/mol. The maximum atomic E-state index is 15.3. The Bertz CT molecular complexity index is 1530. The Morgan fingerprint density at radius 2 is 1.64 bits per heavy atom. The molecule has 2 N–H and O–H groups in total. The average molecular weight is 523 g/mol. The van der Waals surface area contributed by atoms with Crippen molar-refractivity contribution in [1.82, 2.24) is 5.32 Å². The Morgan fingerprint density at radius 3 is 2.33 bits per heavy atom. The summed E-state index contributed by atoms with van der Waals surface area (Å²) in [5.41, 5.74) is 4.05. The number of nitrogens with zero attached hydrogens (tertiary/aromatic N) is 1. The maximum Gasteiger partial charge on any atom is 0.336 e. The molecule has 4 aromatic rings. The predicted octanol–water partition coefficient (Wildman–Crippen LogP) is 7.91. The highest BCUT2D eigenvalue weighted by molar-refractivity contribution is 6.09. The minimum Gasteiger partial charge on any atom is -0.478 e. The van der Waals surface area contributed by atoms with E-state index in [1.807, 2.05) is 68.4 Å². The number of halogens is 1. The number of rotatable bonds is 9. The standard InChI is InChI=1S/C33H31FN2O3/c1-4-11-30(23-13-6-5-7-14-23)36-32(37)24-18-19-26(27(20-24)33(38)39)31-25(15-10-16-28(31)34)22(3)35-29-17-9-8-12-21(29)2/h5-10,12-20,30H,4,11H2,1-3H3,(H,36,37)(H,38,39)/t30-/m1/s1. The van der Waals surface area contributed by atoms with Gasteiger partial charge in [0.25, 0.3) is 5.91 Å². The Hall–Kier alpha value is -4.58. The van der Waals surface area contributed by atoms with Gasteiger partial charge in [0, 0.05) is 22.4 Å². The SMILES string of the molecule is CCC[C@@H](NC(=O)c1ccc(-c2c(F)cccc2C(C)=Nc2ccccc2C)c(C(=O)O)c1)c1ccccc1. The molecule has 5 nitrogen and oxygen atoms in total. The van der Waals surface area contributed by atoms with Gasteiger partial charge in [0.1, 0.15) is 5.82 Å². The summed E-state index contributed by atoms with van der Waals surface area (Å²) < 4.78 is 15.3. The molecular weight excluding hydrogens is 491 g/mol. The van der Waals surface area contributed by atoms with Gasteiger partial charge in [-0.3, -0.25) is 9.79 Å². The molecule has 0 aliphatic rings. The number of aromatic carboxylic acids is 1. The summed E-state index contributed by atoms with van der Waals surface area (Å²) in [6.07, 6.45) is 1.59. The molecule has 0 aliphatic heterocycles. The number of hydrogen-bond donors (Lipinski definition) is 2. The second kappa shape index (κ2) is 12.3. The van der Waals surface area contributed by atoms with E-state index in [0.29, 0.717) is 11.3 Å². The maximum absolute atomic E-state index is 15.3. The first-order chi connectivity index (χ1) is 18.8. The molecule has 0 saturated carbocycles. The van der Waals surface area contributed by atoms with Gasteiger partial charge in [-0.25, -0.2) is 9.18 Å². The fraction of sp³-hybridized carbons (Fsp3) is 0.182. The molecule has 0 heterocycles. The van der Waals surface area contributed by atoms with E-state index < -0.39 is 17.7 Å². The third-order valence-corrected chi connectivity index (χ3v) is 6.67. The van der Waals surface area contributed by atoms with Gasteiger partial charge in [-0.05, 0) is 61.2 Å². The lowest BCUT2D eigenvalue weighted by Gasteiger charge is -2.19. The number of amides is 1. The van der Waals surface area contributed by atoms with E-state index in [4.69, 9.17) is 4.99 Å². The van der Waals surface area contributed by atoms with Crippen molar-refractivity contribution in [3.05, 3.63) is 125 Å². The van der Waals surface area contributed by atoms with Crippen LogP contribution in [0.3, 0.4) is 0 Å². The number of carboxylic acids is 1. The van der Waals surface area contributed by atoms with Gasteiger partial charge in [-0.15, -0.1) is 0 Å². The molecule has 4 aromatic carbocycles. The normalized spacial score (nSPS) is 12.2. The molecule has 0 bridgehead atoms. The minimum atomic E-state index is -1.25. The number of benzene rings is 4. The molecule has 6 heteroatoms. The van der Waals surface area contributed by atoms with E-state index in [1.54, 1.807) is 19.1 Å². The molecule has 0 aliphatic carbocycles. The van der Waals surface area contributed by atoms with Crippen LogP contribution in [-0.4, -0.2) is 22.7 Å². The quantitative estimate of drug-likeness (QED) is 0.219. The van der Waals surface area contributed by atoms with E-state index in [0.717, 1.165) is 29.7 Å². The van der Waals surface area contributed by atoms with Crippen molar-refractivity contribution in [3.8, 4) is 11.1 Å². The van der Waals surface area contributed by atoms with Crippen molar-refractivity contribution in [2.45, 2.75) is 39.7 Å². The van der Waals surface area contributed by atoms with Crippen molar-refractivity contribution in [2.75, 3.05) is 0 Å². The molecular formula is C33H31FN2O3. The molecule has 0 aromatic heterocycles. The van der Waals surface area contributed by atoms with Crippen molar-refractivity contribution in [1.29, 1.82) is 0 Å². The molecule has 1 amide bonds. The average Bonchev–Trinajstić information content (AvgIpc) is 2.94. The van der Waals surface area contributed by atoms with Crippen LogP contribution in [0.15, 0.2) is 96.0 Å². The summed E-state index contributed by atoms with van der Waals surface area (Å²) in [4.78, 5) is 30.3. The van der Waals surface area contributed by atoms with Gasteiger partial charge >= 0.3 is 5.97 Å². The van der Waals surface area contributed by atoms with Gasteiger partial charge in [-0.1, -0.05) is 80.1 Å². The lowest BCUT2D eigenvalue weighted by molar-refractivity contribution is 0.0697. The zero-order valence-electron chi connectivity index (χ0n) is 22.2. The molecule has 1 atom stereocenters. The molecule has 0 spiro atoms. The molecule has 0 saturated heterocycles. The fourth-order valence-corrected chi connectivity index (χ4v) is 4.65. The van der Waals surface area contributed by atoms with Crippen LogP contribution >= 0.6 is 0 Å². The van der Waals surface area contributed by atoms with Gasteiger partial charge in [0.15, 0.2) is 0 Å². The van der Waals surface area contributed by atoms with E-state index in [-0.39, 0.29) is 28.3 Å².